The lowest BCUT2D eigenvalue weighted by Crippen LogP contribution is -1.94. The van der Waals surface area contributed by atoms with Crippen LogP contribution in [0.5, 0.6) is 0 Å². The van der Waals surface area contributed by atoms with Crippen LogP contribution in [0.4, 0.5) is 0 Å². The third-order valence-corrected chi connectivity index (χ3v) is 1.75. The lowest BCUT2D eigenvalue weighted by Gasteiger charge is -2.05. The Bertz CT molecular complexity index is 306. The standard InChI is InChI=1S/C9H8ClNO/c10-8-3-1-2-7(6-8)9(12)4-5-11/h1-3,6,9,12H,4H2/t9-/m0/s1. The van der Waals surface area contributed by atoms with Crippen molar-refractivity contribution in [3.63, 3.8) is 0 Å². The second kappa shape index (κ2) is 4.10. The molecule has 12 heavy (non-hydrogen) atoms. The van der Waals surface area contributed by atoms with Crippen molar-refractivity contribution in [1.82, 2.24) is 0 Å². The maximum absolute atomic E-state index is 9.36. The second-order valence-corrected chi connectivity index (χ2v) is 2.87. The van der Waals surface area contributed by atoms with Crippen molar-refractivity contribution in [1.29, 1.82) is 5.26 Å². The summed E-state index contributed by atoms with van der Waals surface area (Å²) in [6.45, 7) is 0. The number of nitriles is 1. The van der Waals surface area contributed by atoms with Gasteiger partial charge in [0.05, 0.1) is 18.6 Å². The SMILES string of the molecule is N#CC[C@H](O)c1cccc(Cl)c1. The number of nitrogens with zero attached hydrogens (tertiary/aromatic N) is 1. The molecule has 1 aromatic carbocycles. The molecular formula is C9H8ClNO. The van der Waals surface area contributed by atoms with Crippen molar-refractivity contribution >= 4 is 11.6 Å². The number of hydrogen-bond donors (Lipinski definition) is 1. The molecule has 0 amide bonds. The van der Waals surface area contributed by atoms with Crippen molar-refractivity contribution in [3.8, 4) is 6.07 Å². The Morgan fingerprint density at radius 3 is 2.92 bits per heavy atom. The molecule has 2 nitrogen and oxygen atoms in total. The van der Waals surface area contributed by atoms with Gasteiger partial charge in [0.25, 0.3) is 0 Å². The number of aliphatic hydroxyl groups excluding tert-OH is 1. The normalized spacial score (nSPS) is 12.1. The highest BCUT2D eigenvalue weighted by atomic mass is 35.5. The van der Waals surface area contributed by atoms with Crippen LogP contribution in [-0.4, -0.2) is 5.11 Å². The van der Waals surface area contributed by atoms with Gasteiger partial charge in [-0.3, -0.25) is 0 Å². The molecule has 0 aromatic heterocycles. The Hall–Kier alpha value is -1.04. The predicted molar refractivity (Wildman–Crippen MR) is 46.6 cm³/mol. The van der Waals surface area contributed by atoms with E-state index in [0.29, 0.717) is 10.6 Å². The Balaban J connectivity index is 2.82. The fraction of sp³-hybridized carbons (Fsp3) is 0.222. The second-order valence-electron chi connectivity index (χ2n) is 2.43. The van der Waals surface area contributed by atoms with Crippen LogP contribution in [0, 0.1) is 11.3 Å². The van der Waals surface area contributed by atoms with Gasteiger partial charge in [0.15, 0.2) is 0 Å². The van der Waals surface area contributed by atoms with Gasteiger partial charge in [0, 0.05) is 5.02 Å². The number of hydrogen-bond acceptors (Lipinski definition) is 2. The maximum Gasteiger partial charge on any atom is 0.0920 e. The molecule has 3 heteroatoms. The van der Waals surface area contributed by atoms with Gasteiger partial charge in [0.2, 0.25) is 0 Å². The molecule has 0 bridgehead atoms. The van der Waals surface area contributed by atoms with E-state index in [1.807, 2.05) is 6.07 Å². The van der Waals surface area contributed by atoms with Gasteiger partial charge < -0.3 is 5.11 Å². The zero-order chi connectivity index (χ0) is 8.97. The highest BCUT2D eigenvalue weighted by Gasteiger charge is 2.05. The lowest BCUT2D eigenvalue weighted by molar-refractivity contribution is 0.183. The van der Waals surface area contributed by atoms with Crippen LogP contribution in [-0.2, 0) is 0 Å². The molecule has 1 N–H and O–H groups in total. The molecule has 0 saturated heterocycles. The van der Waals surface area contributed by atoms with Crippen molar-refractivity contribution in [2.24, 2.45) is 0 Å². The Labute approximate surface area is 76.0 Å². The molecule has 0 unspecified atom stereocenters. The average molecular weight is 182 g/mol. The third kappa shape index (κ3) is 2.23. The number of halogens is 1. The molecule has 1 rings (SSSR count). The van der Waals surface area contributed by atoms with Crippen LogP contribution in [0.15, 0.2) is 24.3 Å². The summed E-state index contributed by atoms with van der Waals surface area (Å²) in [7, 11) is 0. The van der Waals surface area contributed by atoms with E-state index in [4.69, 9.17) is 16.9 Å². The summed E-state index contributed by atoms with van der Waals surface area (Å²) in [6, 6.07) is 8.77. The summed E-state index contributed by atoms with van der Waals surface area (Å²) in [5.41, 5.74) is 0.684. The van der Waals surface area contributed by atoms with Crippen LogP contribution < -0.4 is 0 Å². The summed E-state index contributed by atoms with van der Waals surface area (Å²) in [6.07, 6.45) is -0.630. The van der Waals surface area contributed by atoms with Crippen LogP contribution in [0.2, 0.25) is 5.02 Å². The third-order valence-electron chi connectivity index (χ3n) is 1.52. The molecule has 1 aromatic rings. The van der Waals surface area contributed by atoms with E-state index in [0.717, 1.165) is 0 Å². The Kier molecular flexibility index (Phi) is 3.09. The molecule has 62 valence electrons. The highest BCUT2D eigenvalue weighted by Crippen LogP contribution is 2.19. The number of benzene rings is 1. The molecule has 1 atom stereocenters. The van der Waals surface area contributed by atoms with E-state index in [1.54, 1.807) is 24.3 Å². The monoisotopic (exact) mass is 181 g/mol. The molecule has 0 heterocycles. The summed E-state index contributed by atoms with van der Waals surface area (Å²) in [4.78, 5) is 0. The van der Waals surface area contributed by atoms with Crippen LogP contribution in [0.25, 0.3) is 0 Å². The van der Waals surface area contributed by atoms with Crippen molar-refractivity contribution in [2.75, 3.05) is 0 Å². The quantitative estimate of drug-likeness (QED) is 0.761. The van der Waals surface area contributed by atoms with Gasteiger partial charge in [-0.25, -0.2) is 0 Å². The minimum Gasteiger partial charge on any atom is -0.387 e. The summed E-state index contributed by atoms with van der Waals surface area (Å²) < 4.78 is 0. The molecule has 0 radical (unpaired) electrons. The smallest absolute Gasteiger partial charge is 0.0920 e. The van der Waals surface area contributed by atoms with E-state index in [1.165, 1.54) is 0 Å². The number of aliphatic hydroxyl groups is 1. The van der Waals surface area contributed by atoms with Gasteiger partial charge in [-0.05, 0) is 17.7 Å². The van der Waals surface area contributed by atoms with Crippen LogP contribution in [0.3, 0.4) is 0 Å². The minimum absolute atomic E-state index is 0.0976. The summed E-state index contributed by atoms with van der Waals surface area (Å²) >= 11 is 5.70. The average Bonchev–Trinajstić information content (AvgIpc) is 2.05. The van der Waals surface area contributed by atoms with Crippen molar-refractivity contribution < 1.29 is 5.11 Å². The van der Waals surface area contributed by atoms with E-state index >= 15 is 0 Å². The first-order valence-corrected chi connectivity index (χ1v) is 3.92. The van der Waals surface area contributed by atoms with Gasteiger partial charge in [-0.1, -0.05) is 23.7 Å². The largest absolute Gasteiger partial charge is 0.387 e. The molecule has 0 fully saturated rings. The first kappa shape index (κ1) is 9.05. The highest BCUT2D eigenvalue weighted by molar-refractivity contribution is 6.30. The van der Waals surface area contributed by atoms with E-state index in [-0.39, 0.29) is 6.42 Å². The van der Waals surface area contributed by atoms with Crippen LogP contribution >= 0.6 is 11.6 Å². The molecule has 0 aliphatic carbocycles. The molecule has 0 aliphatic heterocycles. The van der Waals surface area contributed by atoms with E-state index in [2.05, 4.69) is 0 Å². The van der Waals surface area contributed by atoms with Gasteiger partial charge in [-0.2, -0.15) is 5.26 Å². The van der Waals surface area contributed by atoms with Crippen LogP contribution in [0.1, 0.15) is 18.1 Å². The zero-order valence-electron chi connectivity index (χ0n) is 6.37. The fourth-order valence-electron chi connectivity index (χ4n) is 0.918. The van der Waals surface area contributed by atoms with Crippen molar-refractivity contribution in [2.45, 2.75) is 12.5 Å². The summed E-state index contributed by atoms with van der Waals surface area (Å²) in [5, 5.41) is 18.3. The predicted octanol–water partition coefficient (Wildman–Crippen LogP) is 2.29. The lowest BCUT2D eigenvalue weighted by atomic mass is 10.1. The minimum atomic E-state index is -0.728. The maximum atomic E-state index is 9.36. The summed E-state index contributed by atoms with van der Waals surface area (Å²) in [5.74, 6) is 0. The Morgan fingerprint density at radius 1 is 1.58 bits per heavy atom. The van der Waals surface area contributed by atoms with Crippen molar-refractivity contribution in [3.05, 3.63) is 34.9 Å². The number of rotatable bonds is 2. The molecule has 0 spiro atoms. The van der Waals surface area contributed by atoms with Gasteiger partial charge in [0.1, 0.15) is 0 Å². The molecule has 0 saturated carbocycles. The Morgan fingerprint density at radius 2 is 2.33 bits per heavy atom. The van der Waals surface area contributed by atoms with Gasteiger partial charge >= 0.3 is 0 Å². The topological polar surface area (TPSA) is 44.0 Å². The molecule has 0 aliphatic rings. The zero-order valence-corrected chi connectivity index (χ0v) is 7.12. The first-order chi connectivity index (χ1) is 5.74. The fourth-order valence-corrected chi connectivity index (χ4v) is 1.12. The van der Waals surface area contributed by atoms with E-state index < -0.39 is 6.10 Å². The first-order valence-electron chi connectivity index (χ1n) is 3.54. The molecular weight excluding hydrogens is 174 g/mol. The van der Waals surface area contributed by atoms with E-state index in [9.17, 15) is 5.11 Å². The van der Waals surface area contributed by atoms with Gasteiger partial charge in [-0.15, -0.1) is 0 Å².